The lowest BCUT2D eigenvalue weighted by atomic mass is 10.1. The van der Waals surface area contributed by atoms with Gasteiger partial charge in [-0.05, 0) is 89.2 Å². The van der Waals surface area contributed by atoms with Gasteiger partial charge in [0.05, 0.1) is 5.70 Å². The number of allylic oxidation sites excluding steroid dienone is 5. The van der Waals surface area contributed by atoms with Crippen molar-refractivity contribution in [2.24, 2.45) is 0 Å². The van der Waals surface area contributed by atoms with Crippen LogP contribution in [0.1, 0.15) is 18.4 Å². The van der Waals surface area contributed by atoms with Gasteiger partial charge in [0, 0.05) is 31.2 Å². The number of rotatable bonds is 10. The first-order chi connectivity index (χ1) is 20.5. The third-order valence-electron chi connectivity index (χ3n) is 6.77. The molecule has 1 aliphatic carbocycles. The predicted molar refractivity (Wildman–Crippen MR) is 170 cm³/mol. The number of amides is 1. The maximum absolute atomic E-state index is 13.0. The van der Waals surface area contributed by atoms with E-state index in [1.165, 1.54) is 0 Å². The minimum Gasteiger partial charge on any atom is -0.424 e. The van der Waals surface area contributed by atoms with Gasteiger partial charge in [0.1, 0.15) is 6.26 Å². The fraction of sp³-hybridized carbons (Fsp3) is 0.118. The molecule has 3 aromatic carbocycles. The molecule has 0 N–H and O–H groups in total. The molecule has 42 heavy (non-hydrogen) atoms. The summed E-state index contributed by atoms with van der Waals surface area (Å²) in [5, 5.41) is 0.626. The van der Waals surface area contributed by atoms with Crippen molar-refractivity contribution < 1.29 is 19.4 Å². The first-order valence-corrected chi connectivity index (χ1v) is 13.9. The summed E-state index contributed by atoms with van der Waals surface area (Å²) in [5.41, 5.74) is 7.24. The smallest absolute Gasteiger partial charge is 0.324 e. The van der Waals surface area contributed by atoms with Crippen molar-refractivity contribution in [2.75, 3.05) is 23.9 Å². The van der Waals surface area contributed by atoms with Crippen molar-refractivity contribution in [3.63, 3.8) is 0 Å². The Morgan fingerprint density at radius 3 is 2.14 bits per heavy atom. The van der Waals surface area contributed by atoms with Crippen LogP contribution in [0.2, 0.25) is 0 Å². The molecule has 1 heterocycles. The maximum Gasteiger partial charge on any atom is 0.324 e. The van der Waals surface area contributed by atoms with E-state index in [0.717, 1.165) is 57.2 Å². The van der Waals surface area contributed by atoms with Crippen molar-refractivity contribution in [3.05, 3.63) is 144 Å². The summed E-state index contributed by atoms with van der Waals surface area (Å²) in [5.74, 6) is -0.503. The van der Waals surface area contributed by atoms with E-state index in [9.17, 15) is 4.79 Å². The summed E-state index contributed by atoms with van der Waals surface area (Å²) < 4.78 is 5.63. The summed E-state index contributed by atoms with van der Waals surface area (Å²) in [6, 6.07) is 28.7. The average Bonchev–Trinajstić information content (AvgIpc) is 3.52. The highest BCUT2D eigenvalue weighted by Crippen LogP contribution is 2.42. The Balaban J connectivity index is 1.58. The van der Waals surface area contributed by atoms with Gasteiger partial charge >= 0.3 is 11.1 Å². The van der Waals surface area contributed by atoms with Crippen LogP contribution in [0.5, 0.6) is 0 Å². The van der Waals surface area contributed by atoms with Crippen molar-refractivity contribution in [3.8, 4) is 0 Å². The first kappa shape index (κ1) is 28.6. The second kappa shape index (κ2) is 13.2. The number of para-hydroxylation sites is 2. The van der Waals surface area contributed by atoms with Crippen LogP contribution in [-0.2, 0) is 19.4 Å². The molecule has 0 bridgehead atoms. The lowest BCUT2D eigenvalue weighted by molar-refractivity contribution is -0.352. The van der Waals surface area contributed by atoms with Gasteiger partial charge in [-0.1, -0.05) is 78.4 Å². The molecular weight excluding hydrogens is 546 g/mol. The molecule has 0 spiro atoms. The van der Waals surface area contributed by atoms with E-state index in [1.807, 2.05) is 50.5 Å². The molecule has 0 radical (unpaired) electrons. The Morgan fingerprint density at radius 2 is 1.55 bits per heavy atom. The van der Waals surface area contributed by atoms with Crippen LogP contribution in [-0.4, -0.2) is 30.2 Å². The van der Waals surface area contributed by atoms with Crippen molar-refractivity contribution in [1.29, 1.82) is 0 Å². The zero-order chi connectivity index (χ0) is 29.5. The number of anilines is 3. The number of hydrogen-bond donors (Lipinski definition) is 0. The molecule has 1 amide bonds. The highest BCUT2D eigenvalue weighted by atomic mass is 32.1. The van der Waals surface area contributed by atoms with Crippen LogP contribution >= 0.6 is 12.2 Å². The minimum absolute atomic E-state index is 0.0546. The van der Waals surface area contributed by atoms with Crippen LogP contribution < -0.4 is 9.80 Å². The summed E-state index contributed by atoms with van der Waals surface area (Å²) in [6.45, 7) is 3.41. The molecule has 8 heteroatoms. The highest BCUT2D eigenvalue weighted by Gasteiger charge is 2.37. The van der Waals surface area contributed by atoms with Gasteiger partial charge in [-0.3, -0.25) is 4.79 Å². The van der Waals surface area contributed by atoms with E-state index in [2.05, 4.69) is 83.1 Å². The molecule has 3 aromatic rings. The van der Waals surface area contributed by atoms with Crippen LogP contribution in [0.15, 0.2) is 139 Å². The Bertz CT molecular complexity index is 1540. The standard InChI is InChI=1S/C34H31N3O4S/c1-4-39-41-37-33(38)31(40-34(37)42)24-27-21-20-26(13-11-12-25-18-22-28(23-19-25)35(2)3)32(27)36(29-14-7-5-8-15-29)30-16-9-6-10-17-30/h4-19,22-24H,1,20-21H2,2-3H3/b12-11+,26-13?,31-24+. The lowest BCUT2D eigenvalue weighted by Crippen LogP contribution is -2.28. The molecule has 0 atom stereocenters. The third-order valence-corrected chi connectivity index (χ3v) is 7.02. The fourth-order valence-electron chi connectivity index (χ4n) is 4.77. The van der Waals surface area contributed by atoms with Crippen molar-refractivity contribution in [1.82, 2.24) is 5.06 Å². The van der Waals surface area contributed by atoms with E-state index < -0.39 is 5.91 Å². The molecule has 0 saturated carbocycles. The summed E-state index contributed by atoms with van der Waals surface area (Å²) in [7, 11) is 4.05. The highest BCUT2D eigenvalue weighted by molar-refractivity contribution is 7.80. The van der Waals surface area contributed by atoms with Crippen molar-refractivity contribution in [2.45, 2.75) is 12.8 Å². The number of hydrogen-bond acceptors (Lipinski definition) is 7. The monoisotopic (exact) mass is 577 g/mol. The van der Waals surface area contributed by atoms with Crippen LogP contribution in [0.3, 0.4) is 0 Å². The predicted octanol–water partition coefficient (Wildman–Crippen LogP) is 7.61. The van der Waals surface area contributed by atoms with Crippen LogP contribution in [0.25, 0.3) is 6.08 Å². The zero-order valence-corrected chi connectivity index (χ0v) is 24.3. The second-order valence-corrected chi connectivity index (χ2v) is 10.1. The number of hydroxylamine groups is 2. The maximum atomic E-state index is 13.0. The van der Waals surface area contributed by atoms with E-state index in [4.69, 9.17) is 26.8 Å². The number of benzene rings is 3. The van der Waals surface area contributed by atoms with E-state index in [-0.39, 0.29) is 10.9 Å². The summed E-state index contributed by atoms with van der Waals surface area (Å²) in [6.07, 6.45) is 10.5. The van der Waals surface area contributed by atoms with Gasteiger partial charge in [-0.15, -0.1) is 0 Å². The Hall–Kier alpha value is -4.92. The number of thiocarbonyl (C=S) groups is 1. The molecule has 212 valence electrons. The quantitative estimate of drug-likeness (QED) is 0.0808. The lowest BCUT2D eigenvalue weighted by Gasteiger charge is -2.28. The number of carbonyl (C=O) groups is 1. The van der Waals surface area contributed by atoms with Crippen molar-refractivity contribution >= 4 is 46.4 Å². The molecule has 1 aliphatic heterocycles. The Kier molecular flexibility index (Phi) is 8.96. The molecule has 2 aliphatic rings. The Morgan fingerprint density at radius 1 is 0.905 bits per heavy atom. The first-order valence-electron chi connectivity index (χ1n) is 13.5. The molecule has 0 unspecified atom stereocenters. The average molecular weight is 578 g/mol. The molecule has 5 rings (SSSR count). The SMILES string of the molecule is C=COON1C(=O)/C(=C\C2=C(N(c3ccccc3)c3ccccc3)C(=C/C=C/c3ccc(N(C)C)cc3)CC2)OC1=S. The zero-order valence-electron chi connectivity index (χ0n) is 23.5. The van der Waals surface area contributed by atoms with Gasteiger partial charge in [0.15, 0.2) is 5.76 Å². The fourth-order valence-corrected chi connectivity index (χ4v) is 4.98. The van der Waals surface area contributed by atoms with E-state index in [0.29, 0.717) is 6.42 Å². The minimum atomic E-state index is -0.557. The van der Waals surface area contributed by atoms with Crippen LogP contribution in [0.4, 0.5) is 17.1 Å². The normalized spacial score (nSPS) is 17.0. The van der Waals surface area contributed by atoms with Gasteiger partial charge < -0.3 is 19.4 Å². The van der Waals surface area contributed by atoms with Crippen LogP contribution in [0, 0.1) is 0 Å². The van der Waals surface area contributed by atoms with E-state index >= 15 is 0 Å². The number of ether oxygens (including phenoxy) is 1. The van der Waals surface area contributed by atoms with Gasteiger partial charge in [0.25, 0.3) is 0 Å². The van der Waals surface area contributed by atoms with Gasteiger partial charge in [-0.2, -0.15) is 0 Å². The molecule has 1 fully saturated rings. The molecule has 0 aromatic heterocycles. The summed E-state index contributed by atoms with van der Waals surface area (Å²) >= 11 is 5.19. The van der Waals surface area contributed by atoms with Gasteiger partial charge in [0.2, 0.25) is 0 Å². The topological polar surface area (TPSA) is 54.5 Å². The van der Waals surface area contributed by atoms with Gasteiger partial charge in [-0.25, -0.2) is 0 Å². The molecule has 7 nitrogen and oxygen atoms in total. The third kappa shape index (κ3) is 6.35. The second-order valence-electron chi connectivity index (χ2n) is 9.73. The number of carbonyl (C=O) groups excluding carboxylic acids is 1. The largest absolute Gasteiger partial charge is 0.424 e. The summed E-state index contributed by atoms with van der Waals surface area (Å²) in [4.78, 5) is 27.0. The Labute approximate surface area is 251 Å². The molecular formula is C34H31N3O4S. The number of nitrogens with zero attached hydrogens (tertiary/aromatic N) is 3. The molecule has 1 saturated heterocycles. The van der Waals surface area contributed by atoms with E-state index in [1.54, 1.807) is 6.08 Å².